The lowest BCUT2D eigenvalue weighted by Gasteiger charge is -2.31. The lowest BCUT2D eigenvalue weighted by molar-refractivity contribution is -0.150. The number of carbonyl (C=O) groups excluding carboxylic acids is 1. The molecule has 0 amide bonds. The van der Waals surface area contributed by atoms with Crippen molar-refractivity contribution >= 4 is 17.6 Å². The maximum atomic E-state index is 11.8. The molecule has 1 unspecified atom stereocenters. The van der Waals surface area contributed by atoms with E-state index in [4.69, 9.17) is 16.3 Å². The summed E-state index contributed by atoms with van der Waals surface area (Å²) in [7, 11) is 0. The van der Waals surface area contributed by atoms with Crippen molar-refractivity contribution < 1.29 is 9.53 Å². The Kier molecular flexibility index (Phi) is 5.23. The first kappa shape index (κ1) is 14.4. The van der Waals surface area contributed by atoms with Crippen LogP contribution in [0.2, 0.25) is 5.02 Å². The van der Waals surface area contributed by atoms with Crippen LogP contribution in [-0.4, -0.2) is 30.6 Å². The first-order valence-electron chi connectivity index (χ1n) is 6.82. The summed E-state index contributed by atoms with van der Waals surface area (Å²) in [4.78, 5) is 14.1. The summed E-state index contributed by atoms with van der Waals surface area (Å²) in [5, 5.41) is 0.756. The maximum absolute atomic E-state index is 11.8. The second kappa shape index (κ2) is 6.92. The zero-order chi connectivity index (χ0) is 13.7. The Bertz CT molecular complexity index is 419. The van der Waals surface area contributed by atoms with Gasteiger partial charge in [0.25, 0.3) is 0 Å². The van der Waals surface area contributed by atoms with Gasteiger partial charge in [0, 0.05) is 18.1 Å². The molecule has 1 aromatic carbocycles. The Hall–Kier alpha value is -1.06. The smallest absolute Gasteiger partial charge is 0.310 e. The molecule has 1 saturated heterocycles. The number of halogens is 1. The van der Waals surface area contributed by atoms with Crippen molar-refractivity contribution in [2.24, 2.45) is 5.92 Å². The van der Waals surface area contributed by atoms with Gasteiger partial charge in [-0.1, -0.05) is 23.7 Å². The normalized spacial score (nSPS) is 20.2. The van der Waals surface area contributed by atoms with Crippen LogP contribution >= 0.6 is 11.6 Å². The van der Waals surface area contributed by atoms with Crippen molar-refractivity contribution in [1.82, 2.24) is 4.90 Å². The molecule has 0 aliphatic carbocycles. The van der Waals surface area contributed by atoms with Crippen LogP contribution in [0.1, 0.15) is 25.3 Å². The van der Waals surface area contributed by atoms with E-state index >= 15 is 0 Å². The SMILES string of the molecule is CCOC(=O)C1CCCN(Cc2ccc(Cl)cc2)C1. The molecule has 0 bridgehead atoms. The molecule has 0 radical (unpaired) electrons. The summed E-state index contributed by atoms with van der Waals surface area (Å²) < 4.78 is 5.11. The number of hydrogen-bond donors (Lipinski definition) is 0. The molecule has 1 fully saturated rings. The van der Waals surface area contributed by atoms with Gasteiger partial charge >= 0.3 is 5.97 Å². The number of rotatable bonds is 4. The van der Waals surface area contributed by atoms with Gasteiger partial charge in [0.2, 0.25) is 0 Å². The molecule has 1 heterocycles. The highest BCUT2D eigenvalue weighted by molar-refractivity contribution is 6.30. The number of likely N-dealkylation sites (tertiary alicyclic amines) is 1. The number of esters is 1. The quantitative estimate of drug-likeness (QED) is 0.794. The second-order valence-electron chi connectivity index (χ2n) is 4.95. The molecule has 1 aromatic rings. The van der Waals surface area contributed by atoms with Crippen LogP contribution in [0.15, 0.2) is 24.3 Å². The van der Waals surface area contributed by atoms with Gasteiger partial charge in [-0.3, -0.25) is 9.69 Å². The minimum Gasteiger partial charge on any atom is -0.466 e. The minimum atomic E-state index is -0.0525. The molecule has 0 aromatic heterocycles. The van der Waals surface area contributed by atoms with E-state index in [2.05, 4.69) is 4.90 Å². The fourth-order valence-electron chi connectivity index (χ4n) is 2.50. The van der Waals surface area contributed by atoms with Gasteiger partial charge in [-0.2, -0.15) is 0 Å². The van der Waals surface area contributed by atoms with Gasteiger partial charge < -0.3 is 4.74 Å². The number of piperidine rings is 1. The molecule has 1 aliphatic heterocycles. The van der Waals surface area contributed by atoms with Crippen molar-refractivity contribution in [3.05, 3.63) is 34.9 Å². The van der Waals surface area contributed by atoms with E-state index < -0.39 is 0 Å². The molecule has 0 spiro atoms. The summed E-state index contributed by atoms with van der Waals surface area (Å²) in [6.45, 7) is 5.02. The third kappa shape index (κ3) is 4.22. The van der Waals surface area contributed by atoms with E-state index in [1.165, 1.54) is 5.56 Å². The molecule has 19 heavy (non-hydrogen) atoms. The predicted molar refractivity (Wildman–Crippen MR) is 76.1 cm³/mol. The molecule has 4 heteroatoms. The van der Waals surface area contributed by atoms with E-state index in [-0.39, 0.29) is 11.9 Å². The molecule has 0 N–H and O–H groups in total. The molecule has 1 atom stereocenters. The molecular weight excluding hydrogens is 262 g/mol. The first-order chi connectivity index (χ1) is 9.19. The van der Waals surface area contributed by atoms with Crippen molar-refractivity contribution in [2.75, 3.05) is 19.7 Å². The Morgan fingerprint density at radius 2 is 2.16 bits per heavy atom. The van der Waals surface area contributed by atoms with E-state index in [0.717, 1.165) is 37.5 Å². The van der Waals surface area contributed by atoms with Crippen molar-refractivity contribution in [1.29, 1.82) is 0 Å². The van der Waals surface area contributed by atoms with Crippen LogP contribution in [0.4, 0.5) is 0 Å². The molecule has 104 valence electrons. The van der Waals surface area contributed by atoms with E-state index in [1.807, 2.05) is 31.2 Å². The van der Waals surface area contributed by atoms with Gasteiger partial charge in [0.05, 0.1) is 12.5 Å². The lowest BCUT2D eigenvalue weighted by atomic mass is 9.98. The zero-order valence-corrected chi connectivity index (χ0v) is 12.0. The van der Waals surface area contributed by atoms with Crippen LogP contribution in [0, 0.1) is 5.92 Å². The van der Waals surface area contributed by atoms with Crippen molar-refractivity contribution in [3.8, 4) is 0 Å². The largest absolute Gasteiger partial charge is 0.466 e. The topological polar surface area (TPSA) is 29.5 Å². The summed E-state index contributed by atoms with van der Waals surface area (Å²) in [5.74, 6) is -0.0238. The van der Waals surface area contributed by atoms with E-state index in [9.17, 15) is 4.79 Å². The molecular formula is C15H20ClNO2. The molecule has 1 aliphatic rings. The van der Waals surface area contributed by atoms with Crippen LogP contribution in [0.5, 0.6) is 0 Å². The Morgan fingerprint density at radius 3 is 2.84 bits per heavy atom. The van der Waals surface area contributed by atoms with Gasteiger partial charge in [-0.25, -0.2) is 0 Å². The van der Waals surface area contributed by atoms with Gasteiger partial charge in [-0.15, -0.1) is 0 Å². The monoisotopic (exact) mass is 281 g/mol. The maximum Gasteiger partial charge on any atom is 0.310 e. The average molecular weight is 282 g/mol. The first-order valence-corrected chi connectivity index (χ1v) is 7.20. The standard InChI is InChI=1S/C15H20ClNO2/c1-2-19-15(18)13-4-3-9-17(11-13)10-12-5-7-14(16)8-6-12/h5-8,13H,2-4,9-11H2,1H3. The number of nitrogens with zero attached hydrogens (tertiary/aromatic N) is 1. The molecule has 0 saturated carbocycles. The molecule has 3 nitrogen and oxygen atoms in total. The number of ether oxygens (including phenoxy) is 1. The highest BCUT2D eigenvalue weighted by atomic mass is 35.5. The van der Waals surface area contributed by atoms with Crippen LogP contribution < -0.4 is 0 Å². The summed E-state index contributed by atoms with van der Waals surface area (Å²) in [5.41, 5.74) is 1.23. The average Bonchev–Trinajstić information content (AvgIpc) is 2.42. The van der Waals surface area contributed by atoms with Crippen LogP contribution in [0.25, 0.3) is 0 Å². The third-order valence-corrected chi connectivity index (χ3v) is 3.70. The molecule has 2 rings (SSSR count). The minimum absolute atomic E-state index is 0.0287. The highest BCUT2D eigenvalue weighted by Gasteiger charge is 2.26. The van der Waals surface area contributed by atoms with E-state index in [1.54, 1.807) is 0 Å². The number of hydrogen-bond acceptors (Lipinski definition) is 3. The van der Waals surface area contributed by atoms with Crippen LogP contribution in [-0.2, 0) is 16.1 Å². The summed E-state index contributed by atoms with van der Waals surface area (Å²) >= 11 is 5.88. The Labute approximate surface area is 119 Å². The lowest BCUT2D eigenvalue weighted by Crippen LogP contribution is -2.38. The second-order valence-corrected chi connectivity index (χ2v) is 5.39. The Balaban J connectivity index is 1.90. The van der Waals surface area contributed by atoms with Crippen LogP contribution in [0.3, 0.4) is 0 Å². The Morgan fingerprint density at radius 1 is 1.42 bits per heavy atom. The van der Waals surface area contributed by atoms with E-state index in [0.29, 0.717) is 6.61 Å². The van der Waals surface area contributed by atoms with Gasteiger partial charge in [0.1, 0.15) is 0 Å². The fraction of sp³-hybridized carbons (Fsp3) is 0.533. The predicted octanol–water partition coefficient (Wildman–Crippen LogP) is 3.12. The van der Waals surface area contributed by atoms with Gasteiger partial charge in [-0.05, 0) is 44.0 Å². The summed E-state index contributed by atoms with van der Waals surface area (Å²) in [6, 6.07) is 7.89. The third-order valence-electron chi connectivity index (χ3n) is 3.44. The number of benzene rings is 1. The zero-order valence-electron chi connectivity index (χ0n) is 11.3. The van der Waals surface area contributed by atoms with Gasteiger partial charge in [0.15, 0.2) is 0 Å². The summed E-state index contributed by atoms with van der Waals surface area (Å²) in [6.07, 6.45) is 1.99. The fourth-order valence-corrected chi connectivity index (χ4v) is 2.63. The number of carbonyl (C=O) groups is 1. The van der Waals surface area contributed by atoms with Crippen molar-refractivity contribution in [2.45, 2.75) is 26.3 Å². The van der Waals surface area contributed by atoms with Crippen molar-refractivity contribution in [3.63, 3.8) is 0 Å². The highest BCUT2D eigenvalue weighted by Crippen LogP contribution is 2.20.